The van der Waals surface area contributed by atoms with Gasteiger partial charge >= 0.3 is 0 Å². The van der Waals surface area contributed by atoms with E-state index in [4.69, 9.17) is 4.74 Å². The Morgan fingerprint density at radius 2 is 1.86 bits per heavy atom. The molecule has 1 aromatic heterocycles. The van der Waals surface area contributed by atoms with E-state index in [1.807, 2.05) is 31.2 Å². The average molecular weight is 380 g/mol. The highest BCUT2D eigenvalue weighted by Gasteiger charge is 2.09. The third-order valence-electron chi connectivity index (χ3n) is 3.97. The van der Waals surface area contributed by atoms with Crippen molar-refractivity contribution in [3.63, 3.8) is 0 Å². The number of hydrogen-bond donors (Lipinski definition) is 1. The molecular weight excluding hydrogens is 362 g/mol. The Balaban J connectivity index is 1.64. The van der Waals surface area contributed by atoms with Crippen LogP contribution in [0.4, 0.5) is 8.78 Å². The molecule has 1 heterocycles. The maximum absolute atomic E-state index is 13.6. The zero-order chi connectivity index (χ0) is 19.9. The topological polar surface area (TPSA) is 51.2 Å². The van der Waals surface area contributed by atoms with Gasteiger partial charge in [-0.15, -0.1) is 0 Å². The molecule has 0 aliphatic carbocycles. The summed E-state index contributed by atoms with van der Waals surface area (Å²) in [5, 5.41) is 2.78. The third kappa shape index (κ3) is 5.23. The fraction of sp³-hybridized carbons (Fsp3) is 0.0909. The van der Waals surface area contributed by atoms with Crippen molar-refractivity contribution < 1.29 is 18.3 Å². The zero-order valence-corrected chi connectivity index (χ0v) is 15.1. The highest BCUT2D eigenvalue weighted by molar-refractivity contribution is 5.92. The number of benzene rings is 2. The lowest BCUT2D eigenvalue weighted by molar-refractivity contribution is -0.117. The van der Waals surface area contributed by atoms with E-state index in [1.165, 1.54) is 12.2 Å². The van der Waals surface area contributed by atoms with Crippen molar-refractivity contribution >= 4 is 12.0 Å². The van der Waals surface area contributed by atoms with Crippen molar-refractivity contribution in [3.05, 3.63) is 95.8 Å². The summed E-state index contributed by atoms with van der Waals surface area (Å²) < 4.78 is 32.5. The minimum atomic E-state index is -0.598. The molecule has 142 valence electrons. The van der Waals surface area contributed by atoms with E-state index in [9.17, 15) is 13.6 Å². The Morgan fingerprint density at radius 3 is 2.64 bits per heavy atom. The second kappa shape index (κ2) is 8.90. The molecule has 0 saturated carbocycles. The van der Waals surface area contributed by atoms with Crippen molar-refractivity contribution in [2.45, 2.75) is 13.0 Å². The van der Waals surface area contributed by atoms with Gasteiger partial charge in [0.15, 0.2) is 0 Å². The Kier molecular flexibility index (Phi) is 6.11. The fourth-order valence-electron chi connectivity index (χ4n) is 2.54. The third-order valence-corrected chi connectivity index (χ3v) is 3.97. The first-order valence-electron chi connectivity index (χ1n) is 8.63. The summed E-state index contributed by atoms with van der Waals surface area (Å²) in [5.41, 5.74) is 0.848. The van der Waals surface area contributed by atoms with E-state index >= 15 is 0 Å². The highest BCUT2D eigenvalue weighted by atomic mass is 19.1. The molecule has 0 aliphatic heterocycles. The molecule has 28 heavy (non-hydrogen) atoms. The van der Waals surface area contributed by atoms with Crippen molar-refractivity contribution in [2.24, 2.45) is 0 Å². The Hall–Kier alpha value is -3.54. The van der Waals surface area contributed by atoms with Gasteiger partial charge in [0.25, 0.3) is 0 Å². The molecule has 1 amide bonds. The fourth-order valence-corrected chi connectivity index (χ4v) is 2.54. The van der Waals surface area contributed by atoms with Gasteiger partial charge in [-0.05, 0) is 61.0 Å². The number of carbonyl (C=O) groups is 1. The van der Waals surface area contributed by atoms with Crippen molar-refractivity contribution in [2.75, 3.05) is 0 Å². The number of halogens is 2. The minimum Gasteiger partial charge on any atom is -0.457 e. The van der Waals surface area contributed by atoms with Gasteiger partial charge in [0.05, 0.1) is 6.04 Å². The predicted octanol–water partition coefficient (Wildman–Crippen LogP) is 5.04. The van der Waals surface area contributed by atoms with Crippen LogP contribution in [0.3, 0.4) is 0 Å². The first-order valence-corrected chi connectivity index (χ1v) is 8.63. The molecule has 3 aromatic rings. The molecule has 4 nitrogen and oxygen atoms in total. The van der Waals surface area contributed by atoms with Gasteiger partial charge in [-0.2, -0.15) is 0 Å². The lowest BCUT2D eigenvalue weighted by Gasteiger charge is -2.14. The number of rotatable bonds is 6. The predicted molar refractivity (Wildman–Crippen MR) is 103 cm³/mol. The van der Waals surface area contributed by atoms with Gasteiger partial charge in [-0.3, -0.25) is 9.78 Å². The van der Waals surface area contributed by atoms with Crippen LogP contribution in [0.2, 0.25) is 0 Å². The van der Waals surface area contributed by atoms with Crippen LogP contribution in [-0.2, 0) is 4.79 Å². The second-order valence-corrected chi connectivity index (χ2v) is 6.09. The molecule has 0 saturated heterocycles. The molecule has 0 radical (unpaired) electrons. The Morgan fingerprint density at radius 1 is 1.07 bits per heavy atom. The normalized spacial score (nSPS) is 12.0. The van der Waals surface area contributed by atoms with Gasteiger partial charge in [0.1, 0.15) is 23.1 Å². The van der Waals surface area contributed by atoms with Crippen LogP contribution in [0.25, 0.3) is 6.08 Å². The summed E-state index contributed by atoms with van der Waals surface area (Å²) in [5.74, 6) is -0.303. The van der Waals surface area contributed by atoms with Crippen LogP contribution in [0, 0.1) is 11.6 Å². The Labute approximate surface area is 161 Å². The molecule has 1 N–H and O–H groups in total. The van der Waals surface area contributed by atoms with Gasteiger partial charge in [-0.25, -0.2) is 8.78 Å². The molecule has 6 heteroatoms. The van der Waals surface area contributed by atoms with Gasteiger partial charge < -0.3 is 10.1 Å². The lowest BCUT2D eigenvalue weighted by atomic mass is 10.1. The number of hydrogen-bond acceptors (Lipinski definition) is 3. The van der Waals surface area contributed by atoms with E-state index in [0.29, 0.717) is 11.5 Å². The Bertz CT molecular complexity index is 991. The SMILES string of the molecule is C[C@H](NC(=O)/C=C/c1cc(F)ccc1F)c1cccc(Oc2ccncc2)c1. The summed E-state index contributed by atoms with van der Waals surface area (Å²) >= 11 is 0. The number of amides is 1. The van der Waals surface area contributed by atoms with E-state index in [-0.39, 0.29) is 11.6 Å². The van der Waals surface area contributed by atoms with Crippen LogP contribution in [0.5, 0.6) is 11.5 Å². The van der Waals surface area contributed by atoms with Crippen LogP contribution in [0.15, 0.2) is 73.1 Å². The summed E-state index contributed by atoms with van der Waals surface area (Å²) in [6.45, 7) is 1.82. The van der Waals surface area contributed by atoms with Gasteiger partial charge in [-0.1, -0.05) is 12.1 Å². The molecule has 0 bridgehead atoms. The number of nitrogens with one attached hydrogen (secondary N) is 1. The summed E-state index contributed by atoms with van der Waals surface area (Å²) in [7, 11) is 0. The first kappa shape index (κ1) is 19.2. The molecule has 0 aliphatic rings. The molecular formula is C22H18F2N2O2. The number of ether oxygens (including phenoxy) is 1. The number of aromatic nitrogens is 1. The second-order valence-electron chi connectivity index (χ2n) is 6.09. The average Bonchev–Trinajstić information content (AvgIpc) is 2.69. The standard InChI is InChI=1S/C22H18F2N2O2/c1-15(26-22(27)8-5-17-13-18(23)6-7-21(17)24)16-3-2-4-20(14-16)28-19-9-11-25-12-10-19/h2-15H,1H3,(H,26,27)/b8-5+/t15-/m0/s1. The van der Waals surface area contributed by atoms with E-state index in [1.54, 1.807) is 24.5 Å². The van der Waals surface area contributed by atoms with E-state index in [0.717, 1.165) is 23.8 Å². The number of pyridine rings is 1. The monoisotopic (exact) mass is 380 g/mol. The highest BCUT2D eigenvalue weighted by Crippen LogP contribution is 2.24. The largest absolute Gasteiger partial charge is 0.457 e. The molecule has 2 aromatic carbocycles. The van der Waals surface area contributed by atoms with Gasteiger partial charge in [0.2, 0.25) is 5.91 Å². The lowest BCUT2D eigenvalue weighted by Crippen LogP contribution is -2.24. The summed E-state index contributed by atoms with van der Waals surface area (Å²) in [6.07, 6.45) is 5.68. The van der Waals surface area contributed by atoms with Crippen LogP contribution in [0.1, 0.15) is 24.1 Å². The van der Waals surface area contributed by atoms with Crippen molar-refractivity contribution in [1.29, 1.82) is 0 Å². The van der Waals surface area contributed by atoms with E-state index in [2.05, 4.69) is 10.3 Å². The maximum Gasteiger partial charge on any atom is 0.244 e. The molecule has 0 spiro atoms. The van der Waals surface area contributed by atoms with Crippen LogP contribution >= 0.6 is 0 Å². The molecule has 3 rings (SSSR count). The molecule has 0 fully saturated rings. The van der Waals surface area contributed by atoms with Gasteiger partial charge in [0, 0.05) is 24.0 Å². The van der Waals surface area contributed by atoms with Crippen molar-refractivity contribution in [1.82, 2.24) is 10.3 Å². The molecule has 1 atom stereocenters. The quantitative estimate of drug-likeness (QED) is 0.610. The first-order chi connectivity index (χ1) is 13.5. The van der Waals surface area contributed by atoms with Crippen LogP contribution < -0.4 is 10.1 Å². The van der Waals surface area contributed by atoms with Crippen molar-refractivity contribution in [3.8, 4) is 11.5 Å². The zero-order valence-electron chi connectivity index (χ0n) is 15.1. The summed E-state index contributed by atoms with van der Waals surface area (Å²) in [4.78, 5) is 16.1. The number of nitrogens with zero attached hydrogens (tertiary/aromatic N) is 1. The summed E-state index contributed by atoms with van der Waals surface area (Å²) in [6, 6.07) is 13.6. The van der Waals surface area contributed by atoms with Crippen LogP contribution in [-0.4, -0.2) is 10.9 Å². The smallest absolute Gasteiger partial charge is 0.244 e. The van der Waals surface area contributed by atoms with E-state index < -0.39 is 17.5 Å². The molecule has 0 unspecified atom stereocenters. The maximum atomic E-state index is 13.6. The minimum absolute atomic E-state index is 0.00977. The number of carbonyl (C=O) groups excluding carboxylic acids is 1.